The summed E-state index contributed by atoms with van der Waals surface area (Å²) in [6.45, 7) is 3.46. The van der Waals surface area contributed by atoms with Gasteiger partial charge in [0.05, 0.1) is 6.10 Å². The number of hydrogen-bond donors (Lipinski definition) is 1. The molecule has 0 aliphatic heterocycles. The molecule has 0 fully saturated rings. The Hall–Kier alpha value is -0.640. The Bertz CT molecular complexity index is 541. The van der Waals surface area contributed by atoms with E-state index >= 15 is 0 Å². The van der Waals surface area contributed by atoms with Crippen LogP contribution in [0.15, 0.2) is 15.9 Å². The van der Waals surface area contributed by atoms with Crippen LogP contribution in [0.5, 0.6) is 0 Å². The van der Waals surface area contributed by atoms with Gasteiger partial charge in [-0.3, -0.25) is 0 Å². The smallest absolute Gasteiger partial charge is 0.422 e. The summed E-state index contributed by atoms with van der Waals surface area (Å²) in [4.78, 5) is 12.1. The molecule has 1 aromatic heterocycles. The first-order chi connectivity index (χ1) is 8.70. The number of carbonyl (C=O) groups is 1. The summed E-state index contributed by atoms with van der Waals surface area (Å²) in [6, 6.07) is 1.82. The minimum atomic E-state index is -3.89. The monoisotopic (exact) mass is 370 g/mol. The lowest BCUT2D eigenvalue weighted by atomic mass is 10.5. The van der Waals surface area contributed by atoms with Crippen molar-refractivity contribution >= 4 is 43.6 Å². The topological polar surface area (TPSA) is 75.7 Å². The third-order valence-electron chi connectivity index (χ3n) is 1.97. The van der Waals surface area contributed by atoms with E-state index in [1.54, 1.807) is 13.8 Å². The Morgan fingerprint density at radius 1 is 1.58 bits per heavy atom. The summed E-state index contributed by atoms with van der Waals surface area (Å²) in [5.74, 6) is 0. The van der Waals surface area contributed by atoms with Crippen molar-refractivity contribution in [1.82, 2.24) is 9.03 Å². The number of thiophene rings is 1. The van der Waals surface area contributed by atoms with E-state index in [2.05, 4.69) is 15.9 Å². The van der Waals surface area contributed by atoms with E-state index in [-0.39, 0.29) is 12.6 Å². The average molecular weight is 371 g/mol. The van der Waals surface area contributed by atoms with Crippen molar-refractivity contribution in [3.05, 3.63) is 20.8 Å². The SMILES string of the molecule is CC(C)OC(=O)NS(=O)(=O)N(C)Cc1cc(Br)cs1. The Labute approximate surface area is 125 Å². The summed E-state index contributed by atoms with van der Waals surface area (Å²) in [7, 11) is -2.51. The molecule has 1 N–H and O–H groups in total. The van der Waals surface area contributed by atoms with Gasteiger partial charge < -0.3 is 4.74 Å². The molecular formula is C10H15BrN2O4S2. The van der Waals surface area contributed by atoms with E-state index in [1.165, 1.54) is 18.4 Å². The van der Waals surface area contributed by atoms with Crippen LogP contribution >= 0.6 is 27.3 Å². The van der Waals surface area contributed by atoms with E-state index < -0.39 is 16.3 Å². The normalized spacial score (nSPS) is 11.9. The van der Waals surface area contributed by atoms with Crippen molar-refractivity contribution in [1.29, 1.82) is 0 Å². The fourth-order valence-electron chi connectivity index (χ4n) is 1.16. The van der Waals surface area contributed by atoms with Crippen LogP contribution < -0.4 is 4.72 Å². The summed E-state index contributed by atoms with van der Waals surface area (Å²) >= 11 is 4.72. The lowest BCUT2D eigenvalue weighted by Gasteiger charge is -2.17. The van der Waals surface area contributed by atoms with Gasteiger partial charge in [0.1, 0.15) is 0 Å². The van der Waals surface area contributed by atoms with Gasteiger partial charge in [-0.15, -0.1) is 11.3 Å². The Morgan fingerprint density at radius 3 is 2.68 bits per heavy atom. The van der Waals surface area contributed by atoms with Crippen LogP contribution in [0.4, 0.5) is 4.79 Å². The van der Waals surface area contributed by atoms with Crippen LogP contribution in [0.1, 0.15) is 18.7 Å². The van der Waals surface area contributed by atoms with Gasteiger partial charge in [-0.1, -0.05) is 0 Å². The van der Waals surface area contributed by atoms with Gasteiger partial charge in [0.25, 0.3) is 0 Å². The third kappa shape index (κ3) is 5.47. The van der Waals surface area contributed by atoms with Gasteiger partial charge in [-0.25, -0.2) is 9.52 Å². The molecule has 108 valence electrons. The van der Waals surface area contributed by atoms with Gasteiger partial charge in [0, 0.05) is 28.3 Å². The lowest BCUT2D eigenvalue weighted by Crippen LogP contribution is -2.41. The average Bonchev–Trinajstić information content (AvgIpc) is 2.61. The van der Waals surface area contributed by atoms with E-state index in [1.807, 2.05) is 16.2 Å². The maximum Gasteiger partial charge on any atom is 0.422 e. The van der Waals surface area contributed by atoms with E-state index in [4.69, 9.17) is 4.74 Å². The summed E-state index contributed by atoms with van der Waals surface area (Å²) in [6.07, 6.45) is -1.36. The number of amides is 1. The molecule has 0 spiro atoms. The molecule has 0 atom stereocenters. The fourth-order valence-corrected chi connectivity index (χ4v) is 3.47. The Balaban J connectivity index is 2.64. The van der Waals surface area contributed by atoms with Crippen LogP contribution in [0, 0.1) is 0 Å². The van der Waals surface area contributed by atoms with Crippen LogP contribution in [0.3, 0.4) is 0 Å². The number of nitrogens with zero attached hydrogens (tertiary/aromatic N) is 1. The number of nitrogens with one attached hydrogen (secondary N) is 1. The first kappa shape index (κ1) is 16.4. The molecule has 0 bridgehead atoms. The zero-order chi connectivity index (χ0) is 14.6. The summed E-state index contributed by atoms with van der Waals surface area (Å²) < 4.78 is 32.2. The minimum Gasteiger partial charge on any atom is -0.446 e. The fraction of sp³-hybridized carbons (Fsp3) is 0.500. The van der Waals surface area contributed by atoms with Crippen LogP contribution in [0.25, 0.3) is 0 Å². The molecule has 19 heavy (non-hydrogen) atoms. The first-order valence-electron chi connectivity index (χ1n) is 5.38. The molecule has 1 aromatic rings. The quantitative estimate of drug-likeness (QED) is 0.862. The molecule has 0 saturated heterocycles. The van der Waals surface area contributed by atoms with Gasteiger partial charge in [-0.2, -0.15) is 12.7 Å². The standard InChI is InChI=1S/C10H15BrN2O4S2/c1-7(2)17-10(14)12-19(15,16)13(3)5-9-4-8(11)6-18-9/h4,6-7H,5H2,1-3H3,(H,12,14). The first-order valence-corrected chi connectivity index (χ1v) is 8.49. The van der Waals surface area contributed by atoms with Gasteiger partial charge in [0.2, 0.25) is 0 Å². The van der Waals surface area contributed by atoms with Gasteiger partial charge in [0.15, 0.2) is 0 Å². The predicted molar refractivity (Wildman–Crippen MR) is 77.2 cm³/mol. The molecule has 1 heterocycles. The molecule has 9 heteroatoms. The molecule has 1 amide bonds. The number of hydrogen-bond acceptors (Lipinski definition) is 5. The lowest BCUT2D eigenvalue weighted by molar-refractivity contribution is 0.121. The molecule has 0 aliphatic rings. The molecule has 0 saturated carbocycles. The second-order valence-electron chi connectivity index (χ2n) is 4.05. The maximum absolute atomic E-state index is 11.8. The van der Waals surface area contributed by atoms with Gasteiger partial charge in [-0.05, 0) is 35.8 Å². The highest BCUT2D eigenvalue weighted by Crippen LogP contribution is 2.21. The molecule has 0 radical (unpaired) electrons. The largest absolute Gasteiger partial charge is 0.446 e. The highest BCUT2D eigenvalue weighted by molar-refractivity contribution is 9.10. The van der Waals surface area contributed by atoms with E-state index in [0.717, 1.165) is 13.7 Å². The van der Waals surface area contributed by atoms with Crippen LogP contribution in [-0.4, -0.2) is 32.0 Å². The van der Waals surface area contributed by atoms with Gasteiger partial charge >= 0.3 is 16.3 Å². The molecule has 6 nitrogen and oxygen atoms in total. The molecule has 0 aliphatic carbocycles. The zero-order valence-electron chi connectivity index (χ0n) is 10.7. The number of rotatable bonds is 5. The maximum atomic E-state index is 11.8. The number of ether oxygens (including phenoxy) is 1. The van der Waals surface area contributed by atoms with Crippen LogP contribution in [0.2, 0.25) is 0 Å². The second-order valence-corrected chi connectivity index (χ2v) is 7.74. The van der Waals surface area contributed by atoms with Crippen molar-refractivity contribution in [2.45, 2.75) is 26.5 Å². The van der Waals surface area contributed by atoms with E-state index in [0.29, 0.717) is 0 Å². The van der Waals surface area contributed by atoms with E-state index in [9.17, 15) is 13.2 Å². The van der Waals surface area contributed by atoms with Crippen molar-refractivity contribution in [3.8, 4) is 0 Å². The number of carbonyl (C=O) groups excluding carboxylic acids is 1. The molecule has 1 rings (SSSR count). The second kappa shape index (κ2) is 6.69. The highest BCUT2D eigenvalue weighted by Gasteiger charge is 2.22. The van der Waals surface area contributed by atoms with Crippen molar-refractivity contribution in [2.24, 2.45) is 0 Å². The minimum absolute atomic E-state index is 0.181. The molecule has 0 unspecified atom stereocenters. The zero-order valence-corrected chi connectivity index (χ0v) is 13.9. The van der Waals surface area contributed by atoms with Crippen LogP contribution in [-0.2, 0) is 21.5 Å². The Morgan fingerprint density at radius 2 is 2.21 bits per heavy atom. The van der Waals surface area contributed by atoms with Crippen molar-refractivity contribution in [2.75, 3.05) is 7.05 Å². The molecule has 0 aromatic carbocycles. The van der Waals surface area contributed by atoms with Crippen molar-refractivity contribution < 1.29 is 17.9 Å². The van der Waals surface area contributed by atoms with Crippen molar-refractivity contribution in [3.63, 3.8) is 0 Å². The predicted octanol–water partition coefficient (Wildman–Crippen LogP) is 2.32. The summed E-state index contributed by atoms with van der Waals surface area (Å²) in [5, 5.41) is 1.86. The number of halogens is 1. The molecular weight excluding hydrogens is 356 g/mol. The third-order valence-corrected chi connectivity index (χ3v) is 5.02. The Kier molecular flexibility index (Phi) is 5.78. The summed E-state index contributed by atoms with van der Waals surface area (Å²) in [5.41, 5.74) is 0. The highest BCUT2D eigenvalue weighted by atomic mass is 79.9.